The highest BCUT2D eigenvalue weighted by molar-refractivity contribution is 7.92. The van der Waals surface area contributed by atoms with Gasteiger partial charge in [-0.3, -0.25) is 4.79 Å². The maximum absolute atomic E-state index is 13.4. The summed E-state index contributed by atoms with van der Waals surface area (Å²) in [5.41, 5.74) is 0. The van der Waals surface area contributed by atoms with E-state index >= 15 is 0 Å². The second kappa shape index (κ2) is 4.04. The van der Waals surface area contributed by atoms with E-state index in [9.17, 15) is 17.6 Å². The highest BCUT2D eigenvalue weighted by atomic mass is 32.2. The second-order valence-corrected chi connectivity index (χ2v) is 5.42. The first kappa shape index (κ1) is 12.3. The zero-order valence-electron chi connectivity index (χ0n) is 7.83. The molecule has 0 fully saturated rings. The number of alkyl halides is 1. The third kappa shape index (κ3) is 2.95. The Labute approximate surface area is 77.0 Å². The molecule has 0 N–H and O–H groups in total. The van der Waals surface area contributed by atoms with Crippen molar-refractivity contribution in [1.29, 1.82) is 0 Å². The summed E-state index contributed by atoms with van der Waals surface area (Å²) in [6, 6.07) is 0. The van der Waals surface area contributed by atoms with E-state index < -0.39 is 27.2 Å². The predicted octanol–water partition coefficient (Wildman–Crippen LogP) is 0.670. The number of carbonyl (C=O) groups excluding carboxylic acids is 1. The molecule has 0 aliphatic carbocycles. The Morgan fingerprint density at radius 2 is 2.00 bits per heavy atom. The van der Waals surface area contributed by atoms with Gasteiger partial charge in [-0.25, -0.2) is 12.8 Å². The van der Waals surface area contributed by atoms with E-state index in [1.54, 1.807) is 0 Å². The van der Waals surface area contributed by atoms with Crippen molar-refractivity contribution >= 4 is 15.8 Å². The lowest BCUT2D eigenvalue weighted by Gasteiger charge is -2.17. The molecule has 0 aromatic heterocycles. The van der Waals surface area contributed by atoms with Crippen LogP contribution in [0.1, 0.15) is 20.3 Å². The molecule has 0 saturated heterocycles. The first-order chi connectivity index (χ1) is 5.77. The van der Waals surface area contributed by atoms with Gasteiger partial charge < -0.3 is 4.74 Å². The fraction of sp³-hybridized carbons (Fsp3) is 0.857. The number of sulfone groups is 1. The number of esters is 1. The molecule has 0 aromatic rings. The van der Waals surface area contributed by atoms with Gasteiger partial charge in [0, 0.05) is 0 Å². The number of ether oxygens (including phenoxy) is 1. The molecule has 13 heavy (non-hydrogen) atoms. The van der Waals surface area contributed by atoms with Gasteiger partial charge >= 0.3 is 5.97 Å². The van der Waals surface area contributed by atoms with Crippen LogP contribution in [0.2, 0.25) is 0 Å². The van der Waals surface area contributed by atoms with Crippen molar-refractivity contribution in [3.05, 3.63) is 0 Å². The van der Waals surface area contributed by atoms with E-state index in [0.717, 1.165) is 14.0 Å². The summed E-state index contributed by atoms with van der Waals surface area (Å²) in [6.07, 6.45) is -0.764. The largest absolute Gasteiger partial charge is 0.469 e. The van der Waals surface area contributed by atoms with Crippen molar-refractivity contribution in [2.24, 2.45) is 0 Å². The van der Waals surface area contributed by atoms with E-state index in [0.29, 0.717) is 0 Å². The molecule has 0 bridgehead atoms. The Balaban J connectivity index is 4.68. The Kier molecular flexibility index (Phi) is 3.84. The van der Waals surface area contributed by atoms with E-state index in [1.807, 2.05) is 0 Å². The molecule has 4 nitrogen and oxygen atoms in total. The number of hydrogen-bond acceptors (Lipinski definition) is 4. The summed E-state index contributed by atoms with van der Waals surface area (Å²) >= 11 is 0. The summed E-state index contributed by atoms with van der Waals surface area (Å²) in [7, 11) is -2.79. The smallest absolute Gasteiger partial charge is 0.309 e. The van der Waals surface area contributed by atoms with Crippen molar-refractivity contribution in [1.82, 2.24) is 0 Å². The van der Waals surface area contributed by atoms with Gasteiger partial charge in [-0.05, 0) is 6.92 Å². The number of methoxy groups -OCH3 is 1. The molecule has 0 radical (unpaired) electrons. The van der Waals surface area contributed by atoms with Crippen LogP contribution in [0, 0.1) is 0 Å². The maximum Gasteiger partial charge on any atom is 0.309 e. The average Bonchev–Trinajstić information content (AvgIpc) is 2.03. The highest BCUT2D eigenvalue weighted by Gasteiger charge is 2.40. The van der Waals surface area contributed by atoms with Crippen LogP contribution in [0.3, 0.4) is 0 Å². The molecule has 0 aliphatic rings. The van der Waals surface area contributed by atoms with Crippen LogP contribution >= 0.6 is 0 Å². The average molecular weight is 212 g/mol. The molecule has 6 heteroatoms. The van der Waals surface area contributed by atoms with E-state index in [2.05, 4.69) is 4.74 Å². The predicted molar refractivity (Wildman–Crippen MR) is 45.6 cm³/mol. The van der Waals surface area contributed by atoms with Crippen LogP contribution in [0.4, 0.5) is 4.39 Å². The Hall–Kier alpha value is -0.650. The van der Waals surface area contributed by atoms with Crippen molar-refractivity contribution in [3.63, 3.8) is 0 Å². The normalized spacial score (nSPS) is 16.3. The van der Waals surface area contributed by atoms with Crippen LogP contribution in [0.25, 0.3) is 0 Å². The van der Waals surface area contributed by atoms with Gasteiger partial charge in [-0.1, -0.05) is 6.92 Å². The Morgan fingerprint density at radius 1 is 1.54 bits per heavy atom. The minimum absolute atomic E-state index is 0.336. The van der Waals surface area contributed by atoms with Gasteiger partial charge in [0.15, 0.2) is 9.84 Å². The molecule has 0 heterocycles. The van der Waals surface area contributed by atoms with Gasteiger partial charge in [-0.15, -0.1) is 0 Å². The lowest BCUT2D eigenvalue weighted by atomic mass is 10.3. The van der Waals surface area contributed by atoms with Gasteiger partial charge in [0.25, 0.3) is 0 Å². The van der Waals surface area contributed by atoms with Crippen LogP contribution in [-0.2, 0) is 19.4 Å². The summed E-state index contributed by atoms with van der Waals surface area (Å²) in [6.45, 7) is 2.19. The molecule has 0 rings (SSSR count). The van der Waals surface area contributed by atoms with Crippen molar-refractivity contribution in [2.75, 3.05) is 12.9 Å². The van der Waals surface area contributed by atoms with E-state index in [-0.39, 0.29) is 5.75 Å². The van der Waals surface area contributed by atoms with Gasteiger partial charge in [-0.2, -0.15) is 0 Å². The zero-order valence-corrected chi connectivity index (χ0v) is 8.65. The fourth-order valence-electron chi connectivity index (χ4n) is 0.741. The first-order valence-corrected chi connectivity index (χ1v) is 5.40. The standard InChI is InChI=1S/C7H13FO4S/c1-4-13(10,11)7(2,8)5-6(9)12-3/h4-5H2,1-3H3. The van der Waals surface area contributed by atoms with Crippen LogP contribution in [0.15, 0.2) is 0 Å². The molecule has 1 atom stereocenters. The van der Waals surface area contributed by atoms with Gasteiger partial charge in [0.1, 0.15) is 0 Å². The highest BCUT2D eigenvalue weighted by Crippen LogP contribution is 2.24. The third-order valence-electron chi connectivity index (χ3n) is 1.72. The third-order valence-corrected chi connectivity index (χ3v) is 3.92. The number of rotatable bonds is 4. The summed E-state index contributed by atoms with van der Waals surface area (Å²) in [5.74, 6) is -1.21. The lowest BCUT2D eigenvalue weighted by molar-refractivity contribution is -0.142. The van der Waals surface area contributed by atoms with Crippen LogP contribution in [-0.4, -0.2) is 32.3 Å². The zero-order chi connectivity index (χ0) is 10.7. The first-order valence-electron chi connectivity index (χ1n) is 3.75. The maximum atomic E-state index is 13.4. The van der Waals surface area contributed by atoms with E-state index in [4.69, 9.17) is 0 Å². The molecule has 0 aliphatic heterocycles. The number of hydrogen-bond donors (Lipinski definition) is 0. The minimum atomic E-state index is -3.87. The topological polar surface area (TPSA) is 60.4 Å². The molecule has 1 unspecified atom stereocenters. The van der Waals surface area contributed by atoms with Crippen molar-refractivity contribution in [3.8, 4) is 0 Å². The monoisotopic (exact) mass is 212 g/mol. The molecule has 0 amide bonds. The molecular weight excluding hydrogens is 199 g/mol. The quantitative estimate of drug-likeness (QED) is 0.642. The van der Waals surface area contributed by atoms with Crippen LogP contribution in [0.5, 0.6) is 0 Å². The Morgan fingerprint density at radius 3 is 2.31 bits per heavy atom. The van der Waals surface area contributed by atoms with Crippen molar-refractivity contribution < 1.29 is 22.3 Å². The summed E-state index contributed by atoms with van der Waals surface area (Å²) in [5, 5.41) is -2.53. The summed E-state index contributed by atoms with van der Waals surface area (Å²) in [4.78, 5) is 10.7. The second-order valence-electron chi connectivity index (χ2n) is 2.76. The van der Waals surface area contributed by atoms with Crippen LogP contribution < -0.4 is 0 Å². The molecule has 0 saturated carbocycles. The van der Waals surface area contributed by atoms with Crippen molar-refractivity contribution in [2.45, 2.75) is 25.3 Å². The molecule has 0 aromatic carbocycles. The van der Waals surface area contributed by atoms with E-state index in [1.165, 1.54) is 6.92 Å². The molecule has 0 spiro atoms. The lowest BCUT2D eigenvalue weighted by Crippen LogP contribution is -2.34. The molecular formula is C7H13FO4S. The van der Waals surface area contributed by atoms with Gasteiger partial charge in [0.05, 0.1) is 19.3 Å². The Bertz CT molecular complexity index is 281. The number of halogens is 1. The summed E-state index contributed by atoms with van der Waals surface area (Å²) < 4.78 is 39.8. The minimum Gasteiger partial charge on any atom is -0.469 e. The fourth-order valence-corrected chi connectivity index (χ4v) is 1.68. The number of carbonyl (C=O) groups is 1. The molecule has 78 valence electrons. The SMILES string of the molecule is CCS(=O)(=O)C(C)(F)CC(=O)OC. The van der Waals surface area contributed by atoms with Gasteiger partial charge in [0.2, 0.25) is 5.00 Å².